The van der Waals surface area contributed by atoms with Crippen molar-refractivity contribution in [2.75, 3.05) is 6.61 Å². The monoisotopic (exact) mass is 416 g/mol. The van der Waals surface area contributed by atoms with Gasteiger partial charge >= 0.3 is 0 Å². The topological polar surface area (TPSA) is 57.9 Å². The van der Waals surface area contributed by atoms with E-state index in [9.17, 15) is 4.79 Å². The number of rotatable bonds is 7. The molecule has 0 aliphatic carbocycles. The van der Waals surface area contributed by atoms with Crippen LogP contribution in [0.2, 0.25) is 0 Å². The second kappa shape index (κ2) is 8.96. The minimum Gasteiger partial charge on any atom is -0.490 e. The van der Waals surface area contributed by atoms with E-state index in [2.05, 4.69) is 32.0 Å². The predicted molar refractivity (Wildman–Crippen MR) is 120 cm³/mol. The Morgan fingerprint density at radius 2 is 1.68 bits per heavy atom. The zero-order valence-electron chi connectivity index (χ0n) is 17.8. The highest BCUT2D eigenvalue weighted by molar-refractivity contribution is 5.79. The molecular weight excluding hydrogens is 392 g/mol. The number of aryl methyl sites for hydroxylation is 2. The van der Waals surface area contributed by atoms with Crippen molar-refractivity contribution >= 4 is 11.0 Å². The van der Waals surface area contributed by atoms with E-state index in [4.69, 9.17) is 18.6 Å². The standard InChI is InChI=1S/C26H24O5/c1-4-28-22-7-5-6-8-23(22)31-25-16-30-24-14-20(11-12-21(24)26(25)27)29-15-19-13-17(2)9-10-18(19)3/h5-14,16H,4,15H2,1-3H3. The van der Waals surface area contributed by atoms with Crippen molar-refractivity contribution in [3.05, 3.63) is 93.8 Å². The number of ether oxygens (including phenoxy) is 3. The number of fused-ring (bicyclic) bond motifs is 1. The summed E-state index contributed by atoms with van der Waals surface area (Å²) in [4.78, 5) is 12.9. The lowest BCUT2D eigenvalue weighted by atomic mass is 10.1. The van der Waals surface area contributed by atoms with Crippen molar-refractivity contribution in [2.24, 2.45) is 0 Å². The molecule has 0 unspecified atom stereocenters. The first-order valence-corrected chi connectivity index (χ1v) is 10.2. The molecule has 0 amide bonds. The molecule has 0 aliphatic heterocycles. The molecule has 4 rings (SSSR count). The fourth-order valence-electron chi connectivity index (χ4n) is 3.30. The van der Waals surface area contributed by atoms with Gasteiger partial charge in [-0.3, -0.25) is 4.79 Å². The normalized spacial score (nSPS) is 10.8. The molecule has 1 heterocycles. The SMILES string of the molecule is CCOc1ccccc1Oc1coc2cc(OCc3cc(C)ccc3C)ccc2c1=O. The number of para-hydroxylation sites is 2. The molecule has 0 atom stereocenters. The molecule has 0 N–H and O–H groups in total. The Morgan fingerprint density at radius 1 is 0.871 bits per heavy atom. The zero-order valence-corrected chi connectivity index (χ0v) is 17.8. The third kappa shape index (κ3) is 4.56. The van der Waals surface area contributed by atoms with Gasteiger partial charge in [0.25, 0.3) is 0 Å². The summed E-state index contributed by atoms with van der Waals surface area (Å²) in [7, 11) is 0. The Labute approximate surface area is 180 Å². The van der Waals surface area contributed by atoms with Crippen LogP contribution in [0.1, 0.15) is 23.6 Å². The highest BCUT2D eigenvalue weighted by atomic mass is 16.5. The van der Waals surface area contributed by atoms with Gasteiger partial charge in [-0.1, -0.05) is 35.9 Å². The minimum absolute atomic E-state index is 0.101. The van der Waals surface area contributed by atoms with Gasteiger partial charge in [0.05, 0.1) is 12.0 Å². The highest BCUT2D eigenvalue weighted by Gasteiger charge is 2.13. The van der Waals surface area contributed by atoms with Crippen molar-refractivity contribution < 1.29 is 18.6 Å². The average molecular weight is 416 g/mol. The van der Waals surface area contributed by atoms with Gasteiger partial charge in [-0.15, -0.1) is 0 Å². The van der Waals surface area contributed by atoms with E-state index in [1.165, 1.54) is 17.4 Å². The third-order valence-corrected chi connectivity index (χ3v) is 4.98. The maximum atomic E-state index is 12.9. The van der Waals surface area contributed by atoms with Gasteiger partial charge < -0.3 is 18.6 Å². The van der Waals surface area contributed by atoms with Crippen LogP contribution in [0.5, 0.6) is 23.0 Å². The lowest BCUT2D eigenvalue weighted by Crippen LogP contribution is -2.06. The van der Waals surface area contributed by atoms with Gasteiger partial charge in [0, 0.05) is 6.07 Å². The number of hydrogen-bond donors (Lipinski definition) is 0. The molecule has 3 aromatic carbocycles. The lowest BCUT2D eigenvalue weighted by molar-refractivity contribution is 0.305. The fourth-order valence-corrected chi connectivity index (χ4v) is 3.30. The molecule has 0 saturated carbocycles. The van der Waals surface area contributed by atoms with Crippen molar-refractivity contribution in [1.29, 1.82) is 0 Å². The first-order valence-electron chi connectivity index (χ1n) is 10.2. The van der Waals surface area contributed by atoms with Gasteiger partial charge in [0.1, 0.15) is 24.2 Å². The van der Waals surface area contributed by atoms with Gasteiger partial charge in [-0.25, -0.2) is 0 Å². The molecule has 1 aromatic heterocycles. The maximum absolute atomic E-state index is 12.9. The van der Waals surface area contributed by atoms with Crippen LogP contribution in [0.25, 0.3) is 11.0 Å². The summed E-state index contributed by atoms with van der Waals surface area (Å²) in [5.41, 5.74) is 3.67. The minimum atomic E-state index is -0.256. The molecule has 5 nitrogen and oxygen atoms in total. The van der Waals surface area contributed by atoms with Crippen molar-refractivity contribution in [3.8, 4) is 23.0 Å². The number of hydrogen-bond acceptors (Lipinski definition) is 5. The summed E-state index contributed by atoms with van der Waals surface area (Å²) < 4.78 is 23.0. The van der Waals surface area contributed by atoms with E-state index in [1.807, 2.05) is 19.1 Å². The summed E-state index contributed by atoms with van der Waals surface area (Å²) in [5.74, 6) is 1.76. The van der Waals surface area contributed by atoms with Crippen LogP contribution in [0.3, 0.4) is 0 Å². The van der Waals surface area contributed by atoms with Crippen LogP contribution in [0, 0.1) is 13.8 Å². The largest absolute Gasteiger partial charge is 0.490 e. The Bertz CT molecular complexity index is 1270. The van der Waals surface area contributed by atoms with E-state index in [0.717, 1.165) is 5.56 Å². The summed E-state index contributed by atoms with van der Waals surface area (Å²) in [5, 5.41) is 0.422. The van der Waals surface area contributed by atoms with Crippen LogP contribution >= 0.6 is 0 Å². The Balaban J connectivity index is 1.57. The van der Waals surface area contributed by atoms with Crippen LogP contribution in [0.4, 0.5) is 0 Å². The fraction of sp³-hybridized carbons (Fsp3) is 0.192. The molecule has 0 spiro atoms. The van der Waals surface area contributed by atoms with Gasteiger partial charge in [0.15, 0.2) is 11.5 Å². The van der Waals surface area contributed by atoms with E-state index in [-0.39, 0.29) is 11.2 Å². The Hall–Kier alpha value is -3.73. The first kappa shape index (κ1) is 20.5. The molecular formula is C26H24O5. The molecule has 31 heavy (non-hydrogen) atoms. The van der Waals surface area contributed by atoms with Gasteiger partial charge in [-0.05, 0) is 56.2 Å². The first-order chi connectivity index (χ1) is 15.0. The average Bonchev–Trinajstić information content (AvgIpc) is 2.77. The smallest absolute Gasteiger partial charge is 0.235 e. The molecule has 0 saturated heterocycles. The van der Waals surface area contributed by atoms with Crippen molar-refractivity contribution in [1.82, 2.24) is 0 Å². The van der Waals surface area contributed by atoms with E-state index in [0.29, 0.717) is 41.4 Å². The lowest BCUT2D eigenvalue weighted by Gasteiger charge is -2.12. The molecule has 4 aromatic rings. The zero-order chi connectivity index (χ0) is 21.8. The maximum Gasteiger partial charge on any atom is 0.235 e. The summed E-state index contributed by atoms with van der Waals surface area (Å²) in [6.45, 7) is 6.94. The van der Waals surface area contributed by atoms with Crippen LogP contribution in [-0.2, 0) is 6.61 Å². The molecule has 158 valence electrons. The van der Waals surface area contributed by atoms with Crippen LogP contribution in [0.15, 0.2) is 76.1 Å². The van der Waals surface area contributed by atoms with Gasteiger partial charge in [-0.2, -0.15) is 0 Å². The van der Waals surface area contributed by atoms with E-state index >= 15 is 0 Å². The Kier molecular flexibility index (Phi) is 5.94. The quantitative estimate of drug-likeness (QED) is 0.360. The van der Waals surface area contributed by atoms with Gasteiger partial charge in [0.2, 0.25) is 11.2 Å². The Morgan fingerprint density at radius 3 is 2.48 bits per heavy atom. The summed E-state index contributed by atoms with van der Waals surface area (Å²) in [6, 6.07) is 18.7. The molecule has 5 heteroatoms. The third-order valence-electron chi connectivity index (χ3n) is 4.98. The second-order valence-electron chi connectivity index (χ2n) is 7.29. The number of benzene rings is 3. The predicted octanol–water partition coefficient (Wildman–Crippen LogP) is 6.18. The molecule has 0 fully saturated rings. The molecule has 0 bridgehead atoms. The second-order valence-corrected chi connectivity index (χ2v) is 7.29. The summed E-state index contributed by atoms with van der Waals surface area (Å²) >= 11 is 0. The van der Waals surface area contributed by atoms with Crippen molar-refractivity contribution in [2.45, 2.75) is 27.4 Å². The van der Waals surface area contributed by atoms with E-state index < -0.39 is 0 Å². The van der Waals surface area contributed by atoms with E-state index in [1.54, 1.807) is 30.3 Å². The molecule has 0 aliphatic rings. The highest BCUT2D eigenvalue weighted by Crippen LogP contribution is 2.31. The molecule has 0 radical (unpaired) electrons. The van der Waals surface area contributed by atoms with Crippen LogP contribution in [-0.4, -0.2) is 6.61 Å². The summed E-state index contributed by atoms with van der Waals surface area (Å²) in [6.07, 6.45) is 1.32. The van der Waals surface area contributed by atoms with Crippen molar-refractivity contribution in [3.63, 3.8) is 0 Å². The van der Waals surface area contributed by atoms with Crippen LogP contribution < -0.4 is 19.6 Å².